The van der Waals surface area contributed by atoms with Crippen LogP contribution in [0.5, 0.6) is 0 Å². The lowest BCUT2D eigenvalue weighted by Crippen LogP contribution is -2.22. The quantitative estimate of drug-likeness (QED) is 0.724. The second-order valence-electron chi connectivity index (χ2n) is 6.04. The van der Waals surface area contributed by atoms with Gasteiger partial charge in [-0.3, -0.25) is 4.68 Å². The van der Waals surface area contributed by atoms with Crippen molar-refractivity contribution in [2.45, 2.75) is 20.0 Å². The highest BCUT2D eigenvalue weighted by Crippen LogP contribution is 2.24. The van der Waals surface area contributed by atoms with E-state index in [0.29, 0.717) is 18.1 Å². The van der Waals surface area contributed by atoms with E-state index in [2.05, 4.69) is 46.3 Å². The summed E-state index contributed by atoms with van der Waals surface area (Å²) in [4.78, 5) is 11.3. The normalized spacial score (nSPS) is 10.6. The Morgan fingerprint density at radius 3 is 2.69 bits per heavy atom. The van der Waals surface area contributed by atoms with Gasteiger partial charge in [-0.25, -0.2) is 4.79 Å². The second kappa shape index (κ2) is 8.06. The van der Waals surface area contributed by atoms with Gasteiger partial charge < -0.3 is 10.1 Å². The van der Waals surface area contributed by atoms with Crippen LogP contribution in [0.2, 0.25) is 5.02 Å². The number of aryl methyl sites for hydroxylation is 1. The standard InChI is InChI=1S/C20H20ClN3O2/c1-14-3-5-15(6-4-14)13-24-10-9-19(23-24)16-7-8-18(21)17(11-16)12-22-20(25)26-2/h3-11H,12-13H2,1-2H3,(H,22,25). The third-order valence-corrected chi connectivity index (χ3v) is 4.42. The molecule has 0 aliphatic rings. The molecule has 26 heavy (non-hydrogen) atoms. The number of carbonyl (C=O) groups is 1. The van der Waals surface area contributed by atoms with Crippen LogP contribution in [0.3, 0.4) is 0 Å². The molecule has 0 unspecified atom stereocenters. The number of hydrogen-bond acceptors (Lipinski definition) is 3. The van der Waals surface area contributed by atoms with Gasteiger partial charge in [-0.2, -0.15) is 5.10 Å². The molecule has 0 saturated heterocycles. The lowest BCUT2D eigenvalue weighted by atomic mass is 10.1. The minimum absolute atomic E-state index is 0.295. The van der Waals surface area contributed by atoms with Crippen LogP contribution in [-0.4, -0.2) is 23.0 Å². The van der Waals surface area contributed by atoms with Crippen molar-refractivity contribution in [2.75, 3.05) is 7.11 Å². The number of amides is 1. The van der Waals surface area contributed by atoms with Crippen LogP contribution in [0, 0.1) is 6.92 Å². The number of carbonyl (C=O) groups excluding carboxylic acids is 1. The number of rotatable bonds is 5. The number of aromatic nitrogens is 2. The van der Waals surface area contributed by atoms with Crippen molar-refractivity contribution in [3.8, 4) is 11.3 Å². The summed E-state index contributed by atoms with van der Waals surface area (Å²) in [6, 6.07) is 16.0. The number of hydrogen-bond donors (Lipinski definition) is 1. The molecule has 3 rings (SSSR count). The molecule has 3 aromatic rings. The zero-order valence-electron chi connectivity index (χ0n) is 14.7. The summed E-state index contributed by atoms with van der Waals surface area (Å²) in [7, 11) is 1.33. The van der Waals surface area contributed by atoms with Gasteiger partial charge in [0.05, 0.1) is 19.3 Å². The van der Waals surface area contributed by atoms with E-state index in [4.69, 9.17) is 11.6 Å². The summed E-state index contributed by atoms with van der Waals surface area (Å²) in [5.74, 6) is 0. The Balaban J connectivity index is 1.76. The Labute approximate surface area is 157 Å². The summed E-state index contributed by atoms with van der Waals surface area (Å²) >= 11 is 6.22. The van der Waals surface area contributed by atoms with Crippen molar-refractivity contribution in [3.63, 3.8) is 0 Å². The van der Waals surface area contributed by atoms with Crippen molar-refractivity contribution < 1.29 is 9.53 Å². The fourth-order valence-electron chi connectivity index (χ4n) is 2.59. The van der Waals surface area contributed by atoms with Gasteiger partial charge >= 0.3 is 6.09 Å². The Morgan fingerprint density at radius 2 is 1.96 bits per heavy atom. The van der Waals surface area contributed by atoms with Crippen LogP contribution in [-0.2, 0) is 17.8 Å². The monoisotopic (exact) mass is 369 g/mol. The Morgan fingerprint density at radius 1 is 1.19 bits per heavy atom. The van der Waals surface area contributed by atoms with Gasteiger partial charge in [0, 0.05) is 23.3 Å². The highest BCUT2D eigenvalue weighted by atomic mass is 35.5. The molecular weight excluding hydrogens is 350 g/mol. The fourth-order valence-corrected chi connectivity index (χ4v) is 2.78. The predicted octanol–water partition coefficient (Wildman–Crippen LogP) is 4.42. The third-order valence-electron chi connectivity index (χ3n) is 4.06. The molecule has 6 heteroatoms. The molecule has 0 saturated carbocycles. The lowest BCUT2D eigenvalue weighted by Gasteiger charge is -2.08. The summed E-state index contributed by atoms with van der Waals surface area (Å²) in [6.45, 7) is 3.08. The van der Waals surface area contributed by atoms with Gasteiger partial charge in [-0.1, -0.05) is 47.5 Å². The molecule has 5 nitrogen and oxygen atoms in total. The molecule has 0 radical (unpaired) electrons. The average molecular weight is 370 g/mol. The minimum atomic E-state index is -0.492. The van der Waals surface area contributed by atoms with Crippen molar-refractivity contribution in [1.82, 2.24) is 15.1 Å². The first-order valence-corrected chi connectivity index (χ1v) is 8.62. The highest BCUT2D eigenvalue weighted by molar-refractivity contribution is 6.31. The predicted molar refractivity (Wildman–Crippen MR) is 102 cm³/mol. The molecule has 134 valence electrons. The molecule has 2 aromatic carbocycles. The first-order chi connectivity index (χ1) is 12.5. The van der Waals surface area contributed by atoms with Gasteiger partial charge in [0.25, 0.3) is 0 Å². The van der Waals surface area contributed by atoms with E-state index in [1.165, 1.54) is 18.2 Å². The van der Waals surface area contributed by atoms with Crippen LogP contribution in [0.25, 0.3) is 11.3 Å². The lowest BCUT2D eigenvalue weighted by molar-refractivity contribution is 0.170. The van der Waals surface area contributed by atoms with Crippen LogP contribution in [0.4, 0.5) is 4.79 Å². The first kappa shape index (κ1) is 18.0. The topological polar surface area (TPSA) is 56.1 Å². The first-order valence-electron chi connectivity index (χ1n) is 8.25. The maximum Gasteiger partial charge on any atom is 0.407 e. The zero-order valence-corrected chi connectivity index (χ0v) is 15.5. The molecule has 0 spiro atoms. The van der Waals surface area contributed by atoms with E-state index in [-0.39, 0.29) is 0 Å². The van der Waals surface area contributed by atoms with Crippen LogP contribution in [0.15, 0.2) is 54.7 Å². The molecule has 1 heterocycles. The largest absolute Gasteiger partial charge is 0.453 e. The van der Waals surface area contributed by atoms with Gasteiger partial charge in [-0.15, -0.1) is 0 Å². The van der Waals surface area contributed by atoms with E-state index < -0.39 is 6.09 Å². The average Bonchev–Trinajstić information content (AvgIpc) is 3.11. The van der Waals surface area contributed by atoms with E-state index in [9.17, 15) is 4.79 Å². The Bertz CT molecular complexity index is 904. The fraction of sp³-hybridized carbons (Fsp3) is 0.200. The molecule has 0 bridgehead atoms. The van der Waals surface area contributed by atoms with Gasteiger partial charge in [0.1, 0.15) is 0 Å². The van der Waals surface area contributed by atoms with Crippen LogP contribution in [0.1, 0.15) is 16.7 Å². The maximum atomic E-state index is 11.3. The van der Waals surface area contributed by atoms with Crippen molar-refractivity contribution in [1.29, 1.82) is 0 Å². The zero-order chi connectivity index (χ0) is 18.5. The number of benzene rings is 2. The molecular formula is C20H20ClN3O2. The van der Waals surface area contributed by atoms with Crippen LogP contribution >= 0.6 is 11.6 Å². The SMILES string of the molecule is COC(=O)NCc1cc(-c2ccn(Cc3ccc(C)cc3)n2)ccc1Cl. The van der Waals surface area contributed by atoms with E-state index in [0.717, 1.165) is 16.8 Å². The number of halogens is 1. The smallest absolute Gasteiger partial charge is 0.407 e. The maximum absolute atomic E-state index is 11.3. The summed E-state index contributed by atoms with van der Waals surface area (Å²) in [6.07, 6.45) is 1.46. The van der Waals surface area contributed by atoms with Crippen LogP contribution < -0.4 is 5.32 Å². The molecule has 0 aliphatic carbocycles. The van der Waals surface area contributed by atoms with Gasteiger partial charge in [-0.05, 0) is 36.2 Å². The molecule has 1 N–H and O–H groups in total. The molecule has 0 atom stereocenters. The molecule has 1 aromatic heterocycles. The second-order valence-corrected chi connectivity index (χ2v) is 6.44. The van der Waals surface area contributed by atoms with E-state index >= 15 is 0 Å². The number of alkyl carbamates (subject to hydrolysis) is 1. The molecule has 0 fully saturated rings. The number of nitrogens with zero attached hydrogens (tertiary/aromatic N) is 2. The van der Waals surface area contributed by atoms with E-state index in [1.54, 1.807) is 0 Å². The van der Waals surface area contributed by atoms with Crippen molar-refractivity contribution >= 4 is 17.7 Å². The number of nitrogens with one attached hydrogen (secondary N) is 1. The third kappa shape index (κ3) is 4.43. The summed E-state index contributed by atoms with van der Waals surface area (Å²) in [5.41, 5.74) is 5.04. The van der Waals surface area contributed by atoms with E-state index in [1.807, 2.05) is 35.1 Å². The highest BCUT2D eigenvalue weighted by Gasteiger charge is 2.08. The molecule has 1 amide bonds. The molecule has 0 aliphatic heterocycles. The Hall–Kier alpha value is -2.79. The van der Waals surface area contributed by atoms with Gasteiger partial charge in [0.2, 0.25) is 0 Å². The minimum Gasteiger partial charge on any atom is -0.453 e. The summed E-state index contributed by atoms with van der Waals surface area (Å²) in [5, 5.41) is 7.87. The van der Waals surface area contributed by atoms with Crippen molar-refractivity contribution in [3.05, 3.63) is 76.4 Å². The van der Waals surface area contributed by atoms with Crippen molar-refractivity contribution in [2.24, 2.45) is 0 Å². The number of ether oxygens (including phenoxy) is 1. The number of methoxy groups -OCH3 is 1. The Kier molecular flexibility index (Phi) is 5.58. The summed E-state index contributed by atoms with van der Waals surface area (Å²) < 4.78 is 6.49. The van der Waals surface area contributed by atoms with Gasteiger partial charge in [0.15, 0.2) is 0 Å².